The van der Waals surface area contributed by atoms with Crippen LogP contribution in [0.4, 0.5) is 4.79 Å². The monoisotopic (exact) mass is 244 g/mol. The lowest BCUT2D eigenvalue weighted by atomic mass is 9.96. The molecule has 0 aromatic rings. The van der Waals surface area contributed by atoms with E-state index in [9.17, 15) is 14.7 Å². The molecule has 1 rings (SSSR count). The molecule has 6 heteroatoms. The minimum atomic E-state index is -1.27. The van der Waals surface area contributed by atoms with Crippen molar-refractivity contribution in [1.82, 2.24) is 10.6 Å². The summed E-state index contributed by atoms with van der Waals surface area (Å²) in [5, 5.41) is 23.0. The van der Waals surface area contributed by atoms with Crippen molar-refractivity contribution < 1.29 is 19.8 Å². The summed E-state index contributed by atoms with van der Waals surface area (Å²) in [5.41, 5.74) is 0. The third-order valence-electron chi connectivity index (χ3n) is 2.98. The van der Waals surface area contributed by atoms with E-state index in [2.05, 4.69) is 10.6 Å². The number of carbonyl (C=O) groups is 2. The maximum Gasteiger partial charge on any atom is 0.328 e. The zero-order valence-electron chi connectivity index (χ0n) is 9.98. The van der Waals surface area contributed by atoms with Gasteiger partial charge in [0.2, 0.25) is 0 Å². The van der Waals surface area contributed by atoms with Gasteiger partial charge in [0.15, 0.2) is 6.04 Å². The fourth-order valence-electron chi connectivity index (χ4n) is 2.00. The number of rotatable bonds is 4. The van der Waals surface area contributed by atoms with Gasteiger partial charge in [0.25, 0.3) is 0 Å². The highest BCUT2D eigenvalue weighted by molar-refractivity contribution is 5.83. The van der Waals surface area contributed by atoms with Gasteiger partial charge in [-0.2, -0.15) is 0 Å². The number of aliphatic hydroxyl groups is 1. The van der Waals surface area contributed by atoms with Crippen LogP contribution >= 0.6 is 0 Å². The first-order valence-electron chi connectivity index (χ1n) is 5.98. The van der Waals surface area contributed by atoms with Crippen LogP contribution in [0.25, 0.3) is 0 Å². The Morgan fingerprint density at radius 1 is 1.24 bits per heavy atom. The Kier molecular flexibility index (Phi) is 5.21. The lowest BCUT2D eigenvalue weighted by Gasteiger charge is -2.24. The van der Waals surface area contributed by atoms with Gasteiger partial charge in [-0.05, 0) is 19.8 Å². The molecule has 1 fully saturated rings. The van der Waals surface area contributed by atoms with Crippen LogP contribution in [0.1, 0.15) is 39.0 Å². The van der Waals surface area contributed by atoms with Gasteiger partial charge in [-0.1, -0.05) is 19.3 Å². The van der Waals surface area contributed by atoms with Crippen molar-refractivity contribution in [2.75, 3.05) is 0 Å². The smallest absolute Gasteiger partial charge is 0.328 e. The third kappa shape index (κ3) is 4.60. The van der Waals surface area contributed by atoms with Gasteiger partial charge in [0, 0.05) is 6.04 Å². The van der Waals surface area contributed by atoms with E-state index in [-0.39, 0.29) is 6.04 Å². The molecule has 0 bridgehead atoms. The minimum absolute atomic E-state index is 0.118. The molecule has 1 aliphatic rings. The number of carbonyl (C=O) groups excluding carboxylic acids is 1. The molecule has 0 radical (unpaired) electrons. The van der Waals surface area contributed by atoms with Crippen LogP contribution in [0.5, 0.6) is 0 Å². The molecule has 4 N–H and O–H groups in total. The minimum Gasteiger partial charge on any atom is -0.480 e. The molecule has 0 aromatic carbocycles. The van der Waals surface area contributed by atoms with Crippen LogP contribution in [-0.4, -0.2) is 40.4 Å². The van der Waals surface area contributed by atoms with Gasteiger partial charge >= 0.3 is 12.0 Å². The number of urea groups is 1. The number of aliphatic hydroxyl groups excluding tert-OH is 1. The quantitative estimate of drug-likeness (QED) is 0.577. The number of aliphatic carboxylic acids is 1. The molecule has 0 spiro atoms. The van der Waals surface area contributed by atoms with Gasteiger partial charge in [0.1, 0.15) is 0 Å². The Morgan fingerprint density at radius 3 is 2.29 bits per heavy atom. The van der Waals surface area contributed by atoms with E-state index >= 15 is 0 Å². The van der Waals surface area contributed by atoms with E-state index in [1.54, 1.807) is 0 Å². The van der Waals surface area contributed by atoms with Crippen LogP contribution in [0.2, 0.25) is 0 Å². The Bertz CT molecular complexity index is 275. The molecule has 17 heavy (non-hydrogen) atoms. The van der Waals surface area contributed by atoms with Crippen LogP contribution in [0.3, 0.4) is 0 Å². The lowest BCUT2D eigenvalue weighted by Crippen LogP contribution is -2.53. The Hall–Kier alpha value is -1.30. The fourth-order valence-corrected chi connectivity index (χ4v) is 2.00. The molecular formula is C11H20N2O4. The van der Waals surface area contributed by atoms with Gasteiger partial charge in [-0.3, -0.25) is 0 Å². The highest BCUT2D eigenvalue weighted by Crippen LogP contribution is 2.17. The van der Waals surface area contributed by atoms with Gasteiger partial charge in [-0.25, -0.2) is 9.59 Å². The van der Waals surface area contributed by atoms with Crippen LogP contribution < -0.4 is 10.6 Å². The average Bonchev–Trinajstić information content (AvgIpc) is 2.26. The second kappa shape index (κ2) is 6.44. The molecule has 2 amide bonds. The maximum atomic E-state index is 11.5. The average molecular weight is 244 g/mol. The summed E-state index contributed by atoms with van der Waals surface area (Å²) < 4.78 is 0. The maximum absolute atomic E-state index is 11.5. The molecule has 1 aliphatic carbocycles. The molecule has 0 aromatic heterocycles. The molecule has 0 heterocycles. The molecule has 2 atom stereocenters. The molecule has 1 saturated carbocycles. The topological polar surface area (TPSA) is 98.7 Å². The summed E-state index contributed by atoms with van der Waals surface area (Å²) >= 11 is 0. The van der Waals surface area contributed by atoms with E-state index in [0.717, 1.165) is 25.7 Å². The molecule has 6 nitrogen and oxygen atoms in total. The van der Waals surface area contributed by atoms with E-state index in [4.69, 9.17) is 5.11 Å². The van der Waals surface area contributed by atoms with Crippen molar-refractivity contribution in [3.8, 4) is 0 Å². The number of hydrogen-bond donors (Lipinski definition) is 4. The van der Waals surface area contributed by atoms with Crippen molar-refractivity contribution in [3.63, 3.8) is 0 Å². The summed E-state index contributed by atoms with van der Waals surface area (Å²) in [5.74, 6) is -1.24. The van der Waals surface area contributed by atoms with Crippen molar-refractivity contribution in [2.24, 2.45) is 0 Å². The van der Waals surface area contributed by atoms with Crippen LogP contribution in [0.15, 0.2) is 0 Å². The molecule has 98 valence electrons. The first kappa shape index (κ1) is 13.8. The zero-order chi connectivity index (χ0) is 12.8. The second-order valence-corrected chi connectivity index (χ2v) is 4.51. The highest BCUT2D eigenvalue weighted by Gasteiger charge is 2.26. The lowest BCUT2D eigenvalue weighted by molar-refractivity contribution is -0.141. The Morgan fingerprint density at radius 2 is 1.82 bits per heavy atom. The van der Waals surface area contributed by atoms with Gasteiger partial charge < -0.3 is 20.8 Å². The molecule has 0 saturated heterocycles. The standard InChI is InChI=1S/C11H20N2O4/c1-7(14)9(10(15)16)13-11(17)12-8-5-3-2-4-6-8/h7-9,14H,2-6H2,1H3,(H,15,16)(H2,12,13,17). The highest BCUT2D eigenvalue weighted by atomic mass is 16.4. The Labute approximate surface area is 100 Å². The number of hydrogen-bond acceptors (Lipinski definition) is 3. The van der Waals surface area contributed by atoms with Crippen molar-refractivity contribution in [3.05, 3.63) is 0 Å². The largest absolute Gasteiger partial charge is 0.480 e. The van der Waals surface area contributed by atoms with Crippen LogP contribution in [0, 0.1) is 0 Å². The second-order valence-electron chi connectivity index (χ2n) is 4.51. The predicted molar refractivity (Wildman–Crippen MR) is 61.6 cm³/mol. The van der Waals surface area contributed by atoms with E-state index in [1.807, 2.05) is 0 Å². The van der Waals surface area contributed by atoms with E-state index in [1.165, 1.54) is 13.3 Å². The predicted octanol–water partition coefficient (Wildman–Crippen LogP) is 0.452. The SMILES string of the molecule is CC(O)C(NC(=O)NC1CCCCC1)C(=O)O. The van der Waals surface area contributed by atoms with Crippen LogP contribution in [-0.2, 0) is 4.79 Å². The zero-order valence-corrected chi connectivity index (χ0v) is 9.98. The van der Waals surface area contributed by atoms with Crippen molar-refractivity contribution >= 4 is 12.0 Å². The van der Waals surface area contributed by atoms with Crippen molar-refractivity contribution in [2.45, 2.75) is 57.2 Å². The number of amides is 2. The summed E-state index contributed by atoms with van der Waals surface area (Å²) in [6.07, 6.45) is 4.10. The number of nitrogens with one attached hydrogen (secondary N) is 2. The first-order valence-corrected chi connectivity index (χ1v) is 5.98. The summed E-state index contributed by atoms with van der Waals surface area (Å²) in [6, 6.07) is -1.67. The Balaban J connectivity index is 2.38. The van der Waals surface area contributed by atoms with Gasteiger partial charge in [0.05, 0.1) is 6.10 Å². The van der Waals surface area contributed by atoms with E-state index < -0.39 is 24.1 Å². The van der Waals surface area contributed by atoms with Gasteiger partial charge in [-0.15, -0.1) is 0 Å². The third-order valence-corrected chi connectivity index (χ3v) is 2.98. The molecular weight excluding hydrogens is 224 g/mol. The summed E-state index contributed by atoms with van der Waals surface area (Å²) in [4.78, 5) is 22.3. The normalized spacial score (nSPS) is 20.4. The molecule has 0 aliphatic heterocycles. The fraction of sp³-hybridized carbons (Fsp3) is 0.818. The van der Waals surface area contributed by atoms with Crippen molar-refractivity contribution in [1.29, 1.82) is 0 Å². The summed E-state index contributed by atoms with van der Waals surface area (Å²) in [6.45, 7) is 1.33. The first-order chi connectivity index (χ1) is 8.00. The van der Waals surface area contributed by atoms with E-state index in [0.29, 0.717) is 0 Å². The number of carboxylic acid groups (broad SMARTS) is 1. The molecule has 2 unspecified atom stereocenters. The number of carboxylic acids is 1. The summed E-state index contributed by atoms with van der Waals surface area (Å²) in [7, 11) is 0.